The molecule has 2 saturated heterocycles. The molecule has 8 nitrogen and oxygen atoms in total. The van der Waals surface area contributed by atoms with Crippen LogP contribution in [-0.2, 0) is 4.79 Å². The molecule has 2 aliphatic rings. The largest absolute Gasteiger partial charge is 0.353 e. The van der Waals surface area contributed by atoms with Crippen LogP contribution in [0.3, 0.4) is 0 Å². The lowest BCUT2D eigenvalue weighted by atomic mass is 10.1. The fraction of sp³-hybridized carbons (Fsp3) is 0.364. The first kappa shape index (κ1) is 18.7. The van der Waals surface area contributed by atoms with Gasteiger partial charge in [0, 0.05) is 44.6 Å². The number of aryl methyl sites for hydroxylation is 1. The number of nitrogens with zero attached hydrogens (tertiary/aromatic N) is 6. The summed E-state index contributed by atoms with van der Waals surface area (Å²) in [5.74, 6) is 2.15. The van der Waals surface area contributed by atoms with Gasteiger partial charge in [-0.2, -0.15) is 4.98 Å². The van der Waals surface area contributed by atoms with E-state index in [0.29, 0.717) is 11.7 Å². The van der Waals surface area contributed by atoms with Gasteiger partial charge in [-0.25, -0.2) is 4.98 Å². The number of amides is 1. The summed E-state index contributed by atoms with van der Waals surface area (Å²) in [4.78, 5) is 28.4. The molecule has 0 saturated carbocycles. The Balaban J connectivity index is 1.27. The molecule has 1 amide bonds. The molecule has 0 radical (unpaired) electrons. The number of carbonyl (C=O) groups excluding carboxylic acids is 1. The summed E-state index contributed by atoms with van der Waals surface area (Å²) < 4.78 is 5.36. The van der Waals surface area contributed by atoms with Gasteiger partial charge in [-0.15, -0.1) is 0 Å². The van der Waals surface area contributed by atoms with Crippen LogP contribution in [-0.4, -0.2) is 64.7 Å². The van der Waals surface area contributed by atoms with Gasteiger partial charge in [-0.05, 0) is 37.6 Å². The third-order valence-corrected chi connectivity index (χ3v) is 5.84. The van der Waals surface area contributed by atoms with Crippen LogP contribution in [0.4, 0.5) is 11.5 Å². The summed E-state index contributed by atoms with van der Waals surface area (Å²) in [5, 5.41) is 3.90. The van der Waals surface area contributed by atoms with Crippen LogP contribution in [0.2, 0.25) is 0 Å². The van der Waals surface area contributed by atoms with Crippen molar-refractivity contribution in [2.75, 3.05) is 42.5 Å². The van der Waals surface area contributed by atoms with Crippen LogP contribution < -0.4 is 9.80 Å². The number of carbonyl (C=O) groups is 1. The Morgan fingerprint density at radius 3 is 2.53 bits per heavy atom. The molecule has 5 rings (SSSR count). The summed E-state index contributed by atoms with van der Waals surface area (Å²) in [6.45, 7) is 5.81. The highest BCUT2D eigenvalue weighted by Gasteiger charge is 2.38. The average Bonchev–Trinajstić information content (AvgIpc) is 3.40. The number of rotatable bonds is 4. The molecule has 1 unspecified atom stereocenters. The quantitative estimate of drug-likeness (QED) is 0.660. The molecule has 30 heavy (non-hydrogen) atoms. The minimum Gasteiger partial charge on any atom is -0.353 e. The topological polar surface area (TPSA) is 78.6 Å². The fourth-order valence-corrected chi connectivity index (χ4v) is 4.34. The van der Waals surface area contributed by atoms with E-state index in [-0.39, 0.29) is 11.9 Å². The van der Waals surface area contributed by atoms with Crippen LogP contribution in [0.1, 0.15) is 12.2 Å². The normalized spacial score (nSPS) is 20.2. The zero-order valence-electron chi connectivity index (χ0n) is 16.9. The average molecular weight is 404 g/mol. The van der Waals surface area contributed by atoms with Gasteiger partial charge in [0.2, 0.25) is 5.91 Å². The lowest BCUT2D eigenvalue weighted by Gasteiger charge is -2.38. The molecule has 8 heteroatoms. The molecule has 2 aliphatic heterocycles. The van der Waals surface area contributed by atoms with E-state index < -0.39 is 0 Å². The van der Waals surface area contributed by atoms with E-state index in [2.05, 4.69) is 24.9 Å². The lowest BCUT2D eigenvalue weighted by molar-refractivity contribution is -0.121. The van der Waals surface area contributed by atoms with Gasteiger partial charge in [-0.3, -0.25) is 9.69 Å². The molecular weight excluding hydrogens is 380 g/mol. The van der Waals surface area contributed by atoms with E-state index >= 15 is 0 Å². The molecule has 3 aromatic rings. The highest BCUT2D eigenvalue weighted by molar-refractivity contribution is 5.99. The molecule has 2 aromatic heterocycles. The second kappa shape index (κ2) is 7.87. The van der Waals surface area contributed by atoms with Gasteiger partial charge in [0.15, 0.2) is 5.82 Å². The first-order valence-electron chi connectivity index (χ1n) is 10.3. The highest BCUT2D eigenvalue weighted by Crippen LogP contribution is 2.30. The number of para-hydroxylation sites is 1. The van der Waals surface area contributed by atoms with Crippen LogP contribution in [0, 0.1) is 6.92 Å². The Hall–Kier alpha value is -3.26. The molecule has 0 bridgehead atoms. The lowest BCUT2D eigenvalue weighted by Crippen LogP contribution is -2.53. The fourth-order valence-electron chi connectivity index (χ4n) is 4.34. The number of hydrogen-bond acceptors (Lipinski definition) is 7. The predicted molar refractivity (Wildman–Crippen MR) is 113 cm³/mol. The van der Waals surface area contributed by atoms with E-state index in [9.17, 15) is 4.79 Å². The minimum atomic E-state index is -0.0471. The number of anilines is 2. The van der Waals surface area contributed by atoms with Crippen molar-refractivity contribution >= 4 is 17.4 Å². The van der Waals surface area contributed by atoms with Crippen molar-refractivity contribution in [1.82, 2.24) is 20.0 Å². The van der Waals surface area contributed by atoms with Crippen LogP contribution in [0.15, 0.2) is 53.2 Å². The van der Waals surface area contributed by atoms with E-state index in [1.807, 2.05) is 47.4 Å². The van der Waals surface area contributed by atoms with Crippen molar-refractivity contribution < 1.29 is 9.32 Å². The molecule has 0 aliphatic carbocycles. The van der Waals surface area contributed by atoms with Gasteiger partial charge in [-0.1, -0.05) is 23.4 Å². The van der Waals surface area contributed by atoms with Crippen molar-refractivity contribution in [3.05, 3.63) is 54.5 Å². The van der Waals surface area contributed by atoms with E-state index in [0.717, 1.165) is 56.2 Å². The van der Waals surface area contributed by atoms with Gasteiger partial charge in [0.05, 0.1) is 11.6 Å². The third-order valence-electron chi connectivity index (χ3n) is 5.84. The molecule has 1 aromatic carbocycles. The van der Waals surface area contributed by atoms with Crippen LogP contribution in [0.5, 0.6) is 0 Å². The number of aromatic nitrogens is 3. The van der Waals surface area contributed by atoms with Crippen molar-refractivity contribution in [3.63, 3.8) is 0 Å². The zero-order chi connectivity index (χ0) is 20.5. The van der Waals surface area contributed by atoms with E-state index in [4.69, 9.17) is 4.52 Å². The van der Waals surface area contributed by atoms with E-state index in [1.165, 1.54) is 0 Å². The first-order valence-corrected chi connectivity index (χ1v) is 10.3. The number of pyridine rings is 1. The number of benzene rings is 1. The summed E-state index contributed by atoms with van der Waals surface area (Å²) >= 11 is 0. The monoisotopic (exact) mass is 404 g/mol. The van der Waals surface area contributed by atoms with Crippen molar-refractivity contribution in [2.24, 2.45) is 0 Å². The minimum absolute atomic E-state index is 0.0471. The molecule has 4 heterocycles. The first-order chi connectivity index (χ1) is 14.7. The Bertz CT molecular complexity index is 1030. The summed E-state index contributed by atoms with van der Waals surface area (Å²) in [6.07, 6.45) is 2.65. The maximum absolute atomic E-state index is 13.0. The second-order valence-corrected chi connectivity index (χ2v) is 7.67. The molecule has 1 atom stereocenters. The van der Waals surface area contributed by atoms with Gasteiger partial charge in [0.25, 0.3) is 5.89 Å². The Labute approximate surface area is 175 Å². The van der Waals surface area contributed by atoms with Crippen molar-refractivity contribution in [3.8, 4) is 11.5 Å². The summed E-state index contributed by atoms with van der Waals surface area (Å²) in [7, 11) is 0. The summed E-state index contributed by atoms with van der Waals surface area (Å²) in [5.41, 5.74) is 1.83. The number of hydrogen-bond donors (Lipinski definition) is 0. The van der Waals surface area contributed by atoms with Gasteiger partial charge >= 0.3 is 0 Å². The smallest absolute Gasteiger partial charge is 0.261 e. The maximum Gasteiger partial charge on any atom is 0.261 e. The Kier molecular flexibility index (Phi) is 4.92. The van der Waals surface area contributed by atoms with Crippen LogP contribution >= 0.6 is 0 Å². The van der Waals surface area contributed by atoms with Gasteiger partial charge < -0.3 is 14.3 Å². The maximum atomic E-state index is 13.0. The Morgan fingerprint density at radius 1 is 1.00 bits per heavy atom. The van der Waals surface area contributed by atoms with Crippen molar-refractivity contribution in [2.45, 2.75) is 19.4 Å². The molecule has 2 fully saturated rings. The van der Waals surface area contributed by atoms with Crippen LogP contribution in [0.25, 0.3) is 11.5 Å². The van der Waals surface area contributed by atoms with Crippen molar-refractivity contribution in [1.29, 1.82) is 0 Å². The zero-order valence-corrected chi connectivity index (χ0v) is 16.9. The third kappa shape index (κ3) is 3.43. The second-order valence-electron chi connectivity index (χ2n) is 7.67. The van der Waals surface area contributed by atoms with E-state index in [1.54, 1.807) is 13.1 Å². The van der Waals surface area contributed by atoms with Gasteiger partial charge in [0.1, 0.15) is 5.82 Å². The SMILES string of the molecule is Cc1noc(-c2cccnc2N2CCN(C3CCN(c4ccccc4)C3=O)CC2)n1. The molecule has 154 valence electrons. The number of piperazine rings is 1. The molecular formula is C22H24N6O2. The summed E-state index contributed by atoms with van der Waals surface area (Å²) in [6, 6.07) is 13.7. The standard InChI is InChI=1S/C22H24N6O2/c1-16-24-21(30-25-16)18-8-5-10-23-20(18)27-14-12-26(13-15-27)19-9-11-28(22(19)29)17-6-3-2-4-7-17/h2-8,10,19H,9,11-15H2,1H3. The highest BCUT2D eigenvalue weighted by atomic mass is 16.5. The Morgan fingerprint density at radius 2 is 1.80 bits per heavy atom. The molecule has 0 spiro atoms. The molecule has 0 N–H and O–H groups in total. The predicted octanol–water partition coefficient (Wildman–Crippen LogP) is 2.37.